The van der Waals surface area contributed by atoms with E-state index in [0.717, 1.165) is 18.5 Å². The van der Waals surface area contributed by atoms with E-state index >= 15 is 0 Å². The first-order valence-corrected chi connectivity index (χ1v) is 8.03. The Bertz CT molecular complexity index is 854. The van der Waals surface area contributed by atoms with Gasteiger partial charge in [0.1, 0.15) is 11.6 Å². The summed E-state index contributed by atoms with van der Waals surface area (Å²) in [5, 5.41) is 19.2. The number of aromatic nitrogens is 2. The third-order valence-corrected chi connectivity index (χ3v) is 4.70. The van der Waals surface area contributed by atoms with Crippen molar-refractivity contribution < 1.29 is 9.90 Å². The molecule has 1 atom stereocenters. The second-order valence-corrected chi connectivity index (χ2v) is 6.41. The van der Waals surface area contributed by atoms with Crippen LogP contribution >= 0.6 is 11.6 Å². The molecular weight excluding hydrogens is 314 g/mol. The number of carbonyl (C=O) groups is 1. The molecule has 0 radical (unpaired) electrons. The first kappa shape index (κ1) is 14.3. The van der Waals surface area contributed by atoms with Crippen LogP contribution in [0.25, 0.3) is 11.4 Å². The summed E-state index contributed by atoms with van der Waals surface area (Å²) in [6.07, 6.45) is 2.14. The van der Waals surface area contributed by atoms with Gasteiger partial charge in [-0.1, -0.05) is 17.7 Å². The summed E-state index contributed by atoms with van der Waals surface area (Å²) in [4.78, 5) is 12.2. The van der Waals surface area contributed by atoms with Crippen LogP contribution in [-0.2, 0) is 4.79 Å². The molecule has 4 rings (SSSR count). The average Bonchev–Trinajstić information content (AvgIpc) is 2.84. The average molecular weight is 330 g/mol. The van der Waals surface area contributed by atoms with Crippen molar-refractivity contribution in [1.29, 1.82) is 0 Å². The summed E-state index contributed by atoms with van der Waals surface area (Å²) in [5.74, 6) is 0.803. The fourth-order valence-electron chi connectivity index (χ4n) is 3.42. The minimum Gasteiger partial charge on any atom is -0.507 e. The Kier molecular flexibility index (Phi) is 3.20. The minimum absolute atomic E-state index is 0.0202. The van der Waals surface area contributed by atoms with Crippen molar-refractivity contribution in [3.05, 3.63) is 46.1 Å². The molecule has 1 saturated carbocycles. The Morgan fingerprint density at radius 1 is 1.43 bits per heavy atom. The van der Waals surface area contributed by atoms with Crippen molar-refractivity contribution in [3.63, 3.8) is 0 Å². The molecule has 1 aromatic carbocycles. The summed E-state index contributed by atoms with van der Waals surface area (Å²) < 4.78 is 1.74. The smallest absolute Gasteiger partial charge is 0.164 e. The third-order valence-electron chi connectivity index (χ3n) is 4.46. The number of carbonyl (C=O) groups excluding carboxylic acids is 1. The minimum atomic E-state index is -0.155. The van der Waals surface area contributed by atoms with Crippen molar-refractivity contribution in [1.82, 2.24) is 9.78 Å². The van der Waals surface area contributed by atoms with Crippen molar-refractivity contribution >= 4 is 29.0 Å². The zero-order chi connectivity index (χ0) is 16.1. The number of ketones is 1. The molecule has 0 saturated heterocycles. The predicted octanol–water partition coefficient (Wildman–Crippen LogP) is 3.65. The highest BCUT2D eigenvalue weighted by atomic mass is 35.5. The van der Waals surface area contributed by atoms with Crippen LogP contribution in [0, 0.1) is 6.92 Å². The summed E-state index contributed by atoms with van der Waals surface area (Å²) >= 11 is 6.08. The Balaban J connectivity index is 1.92. The van der Waals surface area contributed by atoms with Crippen LogP contribution in [-0.4, -0.2) is 26.7 Å². The van der Waals surface area contributed by atoms with Gasteiger partial charge in [0, 0.05) is 11.4 Å². The number of Topliss-reactive ketones (excluding diaryl/α,β-unsaturated/α-hetero) is 1. The van der Waals surface area contributed by atoms with Crippen LogP contribution < -0.4 is 5.32 Å². The van der Waals surface area contributed by atoms with Gasteiger partial charge in [0.2, 0.25) is 0 Å². The molecule has 2 N–H and O–H groups in total. The summed E-state index contributed by atoms with van der Waals surface area (Å²) in [5.41, 5.74) is 2.59. The van der Waals surface area contributed by atoms with Crippen LogP contribution in [0.5, 0.6) is 0 Å². The number of rotatable bonds is 1. The molecule has 0 bridgehead atoms. The van der Waals surface area contributed by atoms with Crippen LogP contribution in [0.4, 0.5) is 5.82 Å². The first-order valence-electron chi connectivity index (χ1n) is 7.65. The van der Waals surface area contributed by atoms with E-state index in [2.05, 4.69) is 10.4 Å². The van der Waals surface area contributed by atoms with Gasteiger partial charge < -0.3 is 10.4 Å². The number of aliphatic hydroxyl groups excluding tert-OH is 1. The molecule has 1 aromatic heterocycles. The highest BCUT2D eigenvalue weighted by Crippen LogP contribution is 2.40. The highest BCUT2D eigenvalue weighted by molar-refractivity contribution is 6.30. The molecule has 0 unspecified atom stereocenters. The summed E-state index contributed by atoms with van der Waals surface area (Å²) in [6.45, 7) is 1.83. The molecule has 2 heterocycles. The number of aryl methyl sites for hydroxylation is 1. The Morgan fingerprint density at radius 3 is 3.04 bits per heavy atom. The summed E-state index contributed by atoms with van der Waals surface area (Å²) in [6, 6.07) is 7.23. The SMILES string of the molecule is Cc1nn(-c2cccc(Cl)c2)c2c1C(O)=C1C(=O)CCC[C@H]1N2. The van der Waals surface area contributed by atoms with Gasteiger partial charge in [-0.15, -0.1) is 0 Å². The standard InChI is InChI=1S/C17H16ClN3O2/c1-9-14-16(23)15-12(6-3-7-13(15)22)19-17(14)21(20-9)11-5-2-4-10(18)8-11/h2,4-5,8,12,19,23H,3,6-7H2,1H3/t12-/m1/s1. The molecule has 2 aliphatic rings. The molecule has 5 nitrogen and oxygen atoms in total. The molecular formula is C17H16ClN3O2. The van der Waals surface area contributed by atoms with E-state index in [1.165, 1.54) is 0 Å². The topological polar surface area (TPSA) is 67.1 Å². The van der Waals surface area contributed by atoms with Crippen molar-refractivity contribution in [2.75, 3.05) is 5.32 Å². The maximum atomic E-state index is 12.2. The lowest BCUT2D eigenvalue weighted by atomic mass is 9.84. The van der Waals surface area contributed by atoms with E-state index in [9.17, 15) is 9.90 Å². The quantitative estimate of drug-likeness (QED) is 0.838. The maximum absolute atomic E-state index is 12.2. The second kappa shape index (κ2) is 5.13. The maximum Gasteiger partial charge on any atom is 0.164 e. The lowest BCUT2D eigenvalue weighted by Crippen LogP contribution is -2.35. The zero-order valence-electron chi connectivity index (χ0n) is 12.6. The van der Waals surface area contributed by atoms with Crippen LogP contribution in [0.1, 0.15) is 30.5 Å². The number of nitrogens with zero attached hydrogens (tertiary/aromatic N) is 2. The number of hydrogen-bond acceptors (Lipinski definition) is 4. The van der Waals surface area contributed by atoms with Crippen LogP contribution in [0.15, 0.2) is 29.8 Å². The van der Waals surface area contributed by atoms with Crippen LogP contribution in [0.2, 0.25) is 5.02 Å². The second-order valence-electron chi connectivity index (χ2n) is 5.98. The van der Waals surface area contributed by atoms with E-state index in [4.69, 9.17) is 11.6 Å². The van der Waals surface area contributed by atoms with Gasteiger partial charge in [-0.2, -0.15) is 5.10 Å². The molecule has 1 aliphatic carbocycles. The molecule has 23 heavy (non-hydrogen) atoms. The van der Waals surface area contributed by atoms with Crippen molar-refractivity contribution in [3.8, 4) is 5.69 Å². The Morgan fingerprint density at radius 2 is 2.26 bits per heavy atom. The highest BCUT2D eigenvalue weighted by Gasteiger charge is 2.37. The number of benzene rings is 1. The van der Waals surface area contributed by atoms with Gasteiger partial charge in [-0.25, -0.2) is 4.68 Å². The zero-order valence-corrected chi connectivity index (χ0v) is 13.4. The van der Waals surface area contributed by atoms with E-state index in [0.29, 0.717) is 34.1 Å². The monoisotopic (exact) mass is 329 g/mol. The molecule has 0 spiro atoms. The van der Waals surface area contributed by atoms with Crippen LogP contribution in [0.3, 0.4) is 0 Å². The number of nitrogens with one attached hydrogen (secondary N) is 1. The third kappa shape index (κ3) is 2.15. The fourth-order valence-corrected chi connectivity index (χ4v) is 3.60. The lowest BCUT2D eigenvalue weighted by molar-refractivity contribution is -0.116. The van der Waals surface area contributed by atoms with E-state index in [1.54, 1.807) is 10.7 Å². The van der Waals surface area contributed by atoms with Gasteiger partial charge in [0.15, 0.2) is 5.78 Å². The normalized spacial score (nSPS) is 20.1. The molecule has 0 amide bonds. The number of hydrogen-bond donors (Lipinski definition) is 2. The van der Waals surface area contributed by atoms with E-state index in [1.807, 2.05) is 25.1 Å². The Labute approximate surface area is 138 Å². The predicted molar refractivity (Wildman–Crippen MR) is 89.1 cm³/mol. The van der Waals surface area contributed by atoms with Gasteiger partial charge >= 0.3 is 0 Å². The molecule has 1 fully saturated rings. The largest absolute Gasteiger partial charge is 0.507 e. The van der Waals surface area contributed by atoms with Gasteiger partial charge in [0.05, 0.1) is 28.6 Å². The van der Waals surface area contributed by atoms with Crippen molar-refractivity contribution in [2.45, 2.75) is 32.2 Å². The van der Waals surface area contributed by atoms with Crippen molar-refractivity contribution in [2.24, 2.45) is 0 Å². The van der Waals surface area contributed by atoms with E-state index in [-0.39, 0.29) is 17.6 Å². The number of anilines is 1. The molecule has 2 aromatic rings. The van der Waals surface area contributed by atoms with E-state index < -0.39 is 0 Å². The van der Waals surface area contributed by atoms with Gasteiger partial charge in [-0.05, 0) is 38.0 Å². The molecule has 6 heteroatoms. The van der Waals surface area contributed by atoms with Gasteiger partial charge in [0.25, 0.3) is 0 Å². The molecule has 118 valence electrons. The van der Waals surface area contributed by atoms with Gasteiger partial charge in [-0.3, -0.25) is 4.79 Å². The fraction of sp³-hybridized carbons (Fsp3) is 0.294. The Hall–Kier alpha value is -2.27. The number of aliphatic hydroxyl groups is 1. The lowest BCUT2D eigenvalue weighted by Gasteiger charge is -2.31. The summed E-state index contributed by atoms with van der Waals surface area (Å²) in [7, 11) is 0. The number of fused-ring (bicyclic) bond motifs is 2. The number of halogens is 1. The molecule has 1 aliphatic heterocycles. The first-order chi connectivity index (χ1) is 11.1.